The fourth-order valence-corrected chi connectivity index (χ4v) is 6.23. The zero-order chi connectivity index (χ0) is 20.9. The zero-order valence-electron chi connectivity index (χ0n) is 18.5. The monoisotopic (exact) mass is 405 g/mol. The normalized spacial score (nSPS) is 26.3. The van der Waals surface area contributed by atoms with Crippen LogP contribution < -0.4 is 0 Å². The van der Waals surface area contributed by atoms with Crippen molar-refractivity contribution in [2.24, 2.45) is 17.8 Å². The number of rotatable bonds is 7. The number of nitrogens with zero attached hydrogens (tertiary/aromatic N) is 1. The Morgan fingerprint density at radius 3 is 2.57 bits per heavy atom. The van der Waals surface area contributed by atoms with Gasteiger partial charge in [-0.2, -0.15) is 5.26 Å². The van der Waals surface area contributed by atoms with E-state index in [-0.39, 0.29) is 5.82 Å². The minimum Gasteiger partial charge on any atom is -0.206 e. The molecule has 0 aliphatic heterocycles. The summed E-state index contributed by atoms with van der Waals surface area (Å²) in [6.07, 6.45) is 16.4. The van der Waals surface area contributed by atoms with Gasteiger partial charge in [0.15, 0.2) is 0 Å². The lowest BCUT2D eigenvalue weighted by Crippen LogP contribution is -2.30. The van der Waals surface area contributed by atoms with Gasteiger partial charge in [-0.3, -0.25) is 0 Å². The van der Waals surface area contributed by atoms with Crippen LogP contribution in [0.4, 0.5) is 4.39 Å². The lowest BCUT2D eigenvalue weighted by atomic mass is 9.63. The average Bonchev–Trinajstić information content (AvgIpc) is 2.78. The summed E-state index contributed by atoms with van der Waals surface area (Å²) in [6.45, 7) is 2.29. The standard InChI is InChI=1S/C28H36FN/c1-2-3-4-5-6-7-20-8-10-23-16-24(13-12-22(23)14-20)26-17-25-11-9-21(19-30)15-27(25)28(29)18-26/h9,11,15,17-18,20,22-24H,2-8,10,12-14,16H2,1H3/t20-,22?,23-,24?/m1/s1. The molecule has 30 heavy (non-hydrogen) atoms. The third kappa shape index (κ3) is 4.88. The van der Waals surface area contributed by atoms with Crippen LogP contribution in [0.2, 0.25) is 0 Å². The minimum absolute atomic E-state index is 0.173. The van der Waals surface area contributed by atoms with Crippen LogP contribution >= 0.6 is 0 Å². The summed E-state index contributed by atoms with van der Waals surface area (Å²) in [7, 11) is 0. The van der Waals surface area contributed by atoms with E-state index in [4.69, 9.17) is 5.26 Å². The average molecular weight is 406 g/mol. The molecule has 2 aliphatic carbocycles. The van der Waals surface area contributed by atoms with Gasteiger partial charge in [-0.15, -0.1) is 0 Å². The van der Waals surface area contributed by atoms with Crippen LogP contribution in [0.15, 0.2) is 30.3 Å². The molecule has 4 atom stereocenters. The molecule has 0 radical (unpaired) electrons. The number of hydrogen-bond donors (Lipinski definition) is 0. The Morgan fingerprint density at radius 1 is 0.933 bits per heavy atom. The molecule has 160 valence electrons. The molecule has 0 spiro atoms. The molecule has 4 rings (SSSR count). The van der Waals surface area contributed by atoms with E-state index in [2.05, 4.69) is 19.1 Å². The van der Waals surface area contributed by atoms with Crippen molar-refractivity contribution in [3.8, 4) is 6.07 Å². The topological polar surface area (TPSA) is 23.8 Å². The van der Waals surface area contributed by atoms with E-state index in [0.29, 0.717) is 16.9 Å². The summed E-state index contributed by atoms with van der Waals surface area (Å²) < 4.78 is 14.8. The molecule has 0 saturated heterocycles. The van der Waals surface area contributed by atoms with Gasteiger partial charge in [0.2, 0.25) is 0 Å². The highest BCUT2D eigenvalue weighted by Crippen LogP contribution is 2.48. The molecule has 2 aromatic carbocycles. The first kappa shape index (κ1) is 21.4. The van der Waals surface area contributed by atoms with E-state index in [1.54, 1.807) is 18.2 Å². The molecule has 2 unspecified atom stereocenters. The van der Waals surface area contributed by atoms with E-state index in [9.17, 15) is 4.39 Å². The van der Waals surface area contributed by atoms with E-state index < -0.39 is 0 Å². The van der Waals surface area contributed by atoms with Crippen molar-refractivity contribution < 1.29 is 4.39 Å². The van der Waals surface area contributed by atoms with E-state index in [0.717, 1.165) is 23.1 Å². The molecule has 0 heterocycles. The summed E-state index contributed by atoms with van der Waals surface area (Å²) in [6, 6.07) is 11.4. The zero-order valence-corrected chi connectivity index (χ0v) is 18.5. The van der Waals surface area contributed by atoms with Crippen LogP contribution in [0.5, 0.6) is 0 Å². The van der Waals surface area contributed by atoms with E-state index >= 15 is 0 Å². The second kappa shape index (κ2) is 9.95. The van der Waals surface area contributed by atoms with Gasteiger partial charge in [-0.05, 0) is 84.9 Å². The Balaban J connectivity index is 1.36. The number of fused-ring (bicyclic) bond motifs is 2. The molecular formula is C28H36FN. The van der Waals surface area contributed by atoms with Crippen LogP contribution in [0, 0.1) is 34.9 Å². The highest BCUT2D eigenvalue weighted by atomic mass is 19.1. The first-order valence-corrected chi connectivity index (χ1v) is 12.3. The maximum absolute atomic E-state index is 14.8. The SMILES string of the molecule is CCCCCCC[C@@H]1CC[C@@H]2CC(c3cc(F)c4cc(C#N)ccc4c3)CCC2C1. The van der Waals surface area contributed by atoms with Crippen molar-refractivity contribution in [2.45, 2.75) is 89.9 Å². The van der Waals surface area contributed by atoms with Crippen LogP contribution in [0.25, 0.3) is 10.8 Å². The van der Waals surface area contributed by atoms with Crippen molar-refractivity contribution in [3.05, 3.63) is 47.3 Å². The molecule has 2 fully saturated rings. The second-order valence-corrected chi connectivity index (χ2v) is 9.96. The largest absolute Gasteiger partial charge is 0.206 e. The lowest BCUT2D eigenvalue weighted by Gasteiger charge is -2.42. The van der Waals surface area contributed by atoms with E-state index in [1.807, 2.05) is 6.07 Å². The third-order valence-corrected chi connectivity index (χ3v) is 7.96. The number of unbranched alkanes of at least 4 members (excludes halogenated alkanes) is 4. The quantitative estimate of drug-likeness (QED) is 0.423. The van der Waals surface area contributed by atoms with Crippen LogP contribution in [-0.2, 0) is 0 Å². The first-order valence-electron chi connectivity index (χ1n) is 12.3. The van der Waals surface area contributed by atoms with Crippen molar-refractivity contribution in [1.29, 1.82) is 5.26 Å². The Morgan fingerprint density at radius 2 is 1.73 bits per heavy atom. The second-order valence-electron chi connectivity index (χ2n) is 9.96. The van der Waals surface area contributed by atoms with Crippen LogP contribution in [-0.4, -0.2) is 0 Å². The molecule has 2 aromatic rings. The maximum Gasteiger partial charge on any atom is 0.131 e. The van der Waals surface area contributed by atoms with Crippen molar-refractivity contribution >= 4 is 10.8 Å². The summed E-state index contributed by atoms with van der Waals surface area (Å²) >= 11 is 0. The summed E-state index contributed by atoms with van der Waals surface area (Å²) in [5.74, 6) is 3.01. The lowest BCUT2D eigenvalue weighted by molar-refractivity contribution is 0.113. The number of hydrogen-bond acceptors (Lipinski definition) is 1. The highest BCUT2D eigenvalue weighted by Gasteiger charge is 2.36. The highest BCUT2D eigenvalue weighted by molar-refractivity contribution is 5.85. The number of halogens is 1. The molecule has 0 bridgehead atoms. The molecule has 2 saturated carbocycles. The van der Waals surface area contributed by atoms with Gasteiger partial charge in [0.1, 0.15) is 5.82 Å². The molecule has 0 aromatic heterocycles. The Kier molecular flexibility index (Phi) is 7.08. The molecule has 0 amide bonds. The minimum atomic E-state index is -0.173. The van der Waals surface area contributed by atoms with Crippen molar-refractivity contribution in [1.82, 2.24) is 0 Å². The fourth-order valence-electron chi connectivity index (χ4n) is 6.23. The van der Waals surface area contributed by atoms with E-state index in [1.165, 1.54) is 82.6 Å². The summed E-state index contributed by atoms with van der Waals surface area (Å²) in [4.78, 5) is 0. The van der Waals surface area contributed by atoms with Gasteiger partial charge in [0, 0.05) is 5.39 Å². The molecular weight excluding hydrogens is 369 g/mol. The molecule has 2 aliphatic rings. The van der Waals surface area contributed by atoms with Crippen molar-refractivity contribution in [2.75, 3.05) is 0 Å². The molecule has 0 N–H and O–H groups in total. The van der Waals surface area contributed by atoms with Gasteiger partial charge in [-0.25, -0.2) is 4.39 Å². The first-order chi connectivity index (χ1) is 14.7. The number of nitriles is 1. The van der Waals surface area contributed by atoms with Crippen LogP contribution in [0.3, 0.4) is 0 Å². The Bertz CT molecular complexity index is 895. The summed E-state index contributed by atoms with van der Waals surface area (Å²) in [5, 5.41) is 10.6. The van der Waals surface area contributed by atoms with Gasteiger partial charge >= 0.3 is 0 Å². The number of benzene rings is 2. The molecule has 2 heteroatoms. The van der Waals surface area contributed by atoms with Gasteiger partial charge in [0.25, 0.3) is 0 Å². The Hall–Kier alpha value is -1.88. The van der Waals surface area contributed by atoms with Gasteiger partial charge < -0.3 is 0 Å². The summed E-state index contributed by atoms with van der Waals surface area (Å²) in [5.41, 5.74) is 1.69. The van der Waals surface area contributed by atoms with Gasteiger partial charge in [-0.1, -0.05) is 64.0 Å². The third-order valence-electron chi connectivity index (χ3n) is 7.96. The van der Waals surface area contributed by atoms with Gasteiger partial charge in [0.05, 0.1) is 11.6 Å². The Labute approximate surface area is 181 Å². The smallest absolute Gasteiger partial charge is 0.131 e. The maximum atomic E-state index is 14.8. The fraction of sp³-hybridized carbons (Fsp3) is 0.607. The van der Waals surface area contributed by atoms with Crippen molar-refractivity contribution in [3.63, 3.8) is 0 Å². The predicted molar refractivity (Wildman–Crippen MR) is 123 cm³/mol. The molecule has 1 nitrogen and oxygen atoms in total. The predicted octanol–water partition coefficient (Wildman–Crippen LogP) is 8.51. The van der Waals surface area contributed by atoms with Crippen LogP contribution in [0.1, 0.15) is 101 Å².